The minimum atomic E-state index is -0.469. The van der Waals surface area contributed by atoms with Gasteiger partial charge >= 0.3 is 0 Å². The number of rotatable bonds is 3. The number of halogens is 2. The summed E-state index contributed by atoms with van der Waals surface area (Å²) < 4.78 is 18.1. The van der Waals surface area contributed by atoms with Crippen molar-refractivity contribution in [3.05, 3.63) is 34.6 Å². The van der Waals surface area contributed by atoms with Crippen molar-refractivity contribution in [2.45, 2.75) is 6.04 Å². The molecule has 2 N–H and O–H groups in total. The molecule has 0 heterocycles. The van der Waals surface area contributed by atoms with E-state index in [4.69, 9.17) is 22.1 Å². The van der Waals surface area contributed by atoms with Crippen LogP contribution in [0, 0.1) is 5.82 Å². The molecule has 0 bridgehead atoms. The predicted molar refractivity (Wildman–Crippen MR) is 50.2 cm³/mol. The third-order valence-electron chi connectivity index (χ3n) is 1.73. The Morgan fingerprint density at radius 3 is 2.92 bits per heavy atom. The first-order valence-electron chi connectivity index (χ1n) is 3.85. The number of hydrogen-bond acceptors (Lipinski definition) is 2. The van der Waals surface area contributed by atoms with Crippen molar-refractivity contribution in [1.82, 2.24) is 0 Å². The summed E-state index contributed by atoms with van der Waals surface area (Å²) in [6.45, 7) is 0.275. The monoisotopic (exact) mass is 203 g/mol. The lowest BCUT2D eigenvalue weighted by Crippen LogP contribution is -2.17. The van der Waals surface area contributed by atoms with E-state index in [1.807, 2.05) is 0 Å². The van der Waals surface area contributed by atoms with Crippen LogP contribution in [0.5, 0.6) is 0 Å². The van der Waals surface area contributed by atoms with Crippen LogP contribution in [0.2, 0.25) is 5.02 Å². The maximum Gasteiger partial charge on any atom is 0.146 e. The first-order valence-corrected chi connectivity index (χ1v) is 4.23. The van der Waals surface area contributed by atoms with Gasteiger partial charge in [0.1, 0.15) is 5.82 Å². The van der Waals surface area contributed by atoms with Crippen LogP contribution < -0.4 is 5.73 Å². The van der Waals surface area contributed by atoms with E-state index in [1.165, 1.54) is 13.2 Å². The maximum atomic E-state index is 13.3. The second-order valence-corrected chi connectivity index (χ2v) is 3.11. The van der Waals surface area contributed by atoms with E-state index in [2.05, 4.69) is 0 Å². The summed E-state index contributed by atoms with van der Waals surface area (Å²) in [6.07, 6.45) is 0. The SMILES string of the molecule is COCC(N)c1cccc(Cl)c1F. The molecule has 1 aromatic carbocycles. The number of hydrogen-bond donors (Lipinski definition) is 1. The fraction of sp³-hybridized carbons (Fsp3) is 0.333. The fourth-order valence-electron chi connectivity index (χ4n) is 1.08. The zero-order valence-electron chi connectivity index (χ0n) is 7.26. The van der Waals surface area contributed by atoms with Gasteiger partial charge in [-0.05, 0) is 6.07 Å². The molecule has 1 rings (SSSR count). The summed E-state index contributed by atoms with van der Waals surface area (Å²) in [7, 11) is 1.52. The van der Waals surface area contributed by atoms with E-state index in [0.29, 0.717) is 5.56 Å². The predicted octanol–water partition coefficient (Wildman–Crippen LogP) is 2.13. The Morgan fingerprint density at radius 1 is 1.62 bits per heavy atom. The first-order chi connectivity index (χ1) is 6.16. The topological polar surface area (TPSA) is 35.2 Å². The fourth-order valence-corrected chi connectivity index (χ4v) is 1.26. The average Bonchev–Trinajstić information content (AvgIpc) is 2.10. The Morgan fingerprint density at radius 2 is 2.31 bits per heavy atom. The Bertz CT molecular complexity index is 293. The molecule has 1 aromatic rings. The molecule has 0 aliphatic heterocycles. The Labute approximate surface area is 81.4 Å². The molecule has 0 radical (unpaired) electrons. The number of nitrogens with two attached hydrogens (primary N) is 1. The minimum Gasteiger partial charge on any atom is -0.383 e. The molecule has 0 spiro atoms. The highest BCUT2D eigenvalue weighted by Gasteiger charge is 2.12. The van der Waals surface area contributed by atoms with Crippen molar-refractivity contribution < 1.29 is 9.13 Å². The van der Waals surface area contributed by atoms with E-state index >= 15 is 0 Å². The quantitative estimate of drug-likeness (QED) is 0.817. The van der Waals surface area contributed by atoms with Crippen molar-refractivity contribution in [3.63, 3.8) is 0 Å². The third kappa shape index (κ3) is 2.40. The van der Waals surface area contributed by atoms with Crippen molar-refractivity contribution >= 4 is 11.6 Å². The molecule has 72 valence electrons. The zero-order valence-corrected chi connectivity index (χ0v) is 8.01. The number of benzene rings is 1. The molecule has 0 amide bonds. The van der Waals surface area contributed by atoms with Gasteiger partial charge in [0.2, 0.25) is 0 Å². The average molecular weight is 204 g/mol. The highest BCUT2D eigenvalue weighted by atomic mass is 35.5. The second-order valence-electron chi connectivity index (χ2n) is 2.70. The van der Waals surface area contributed by atoms with Gasteiger partial charge in [-0.2, -0.15) is 0 Å². The molecule has 2 nitrogen and oxygen atoms in total. The molecule has 0 saturated carbocycles. The lowest BCUT2D eigenvalue weighted by Gasteiger charge is -2.11. The maximum absolute atomic E-state index is 13.3. The lowest BCUT2D eigenvalue weighted by atomic mass is 10.1. The largest absolute Gasteiger partial charge is 0.383 e. The van der Waals surface area contributed by atoms with Gasteiger partial charge in [0.05, 0.1) is 17.7 Å². The van der Waals surface area contributed by atoms with E-state index < -0.39 is 11.9 Å². The molecule has 1 atom stereocenters. The second kappa shape index (κ2) is 4.56. The van der Waals surface area contributed by atoms with Gasteiger partial charge in [-0.3, -0.25) is 0 Å². The number of ether oxygens (including phenoxy) is 1. The van der Waals surface area contributed by atoms with Crippen LogP contribution in [0.3, 0.4) is 0 Å². The van der Waals surface area contributed by atoms with Crippen LogP contribution in [0.15, 0.2) is 18.2 Å². The molecule has 0 aromatic heterocycles. The standard InChI is InChI=1S/C9H11ClFNO/c1-13-5-8(12)6-3-2-4-7(10)9(6)11/h2-4,8H,5,12H2,1H3. The minimum absolute atomic E-state index is 0.0871. The summed E-state index contributed by atoms with van der Waals surface area (Å²) in [4.78, 5) is 0. The Kier molecular flexibility index (Phi) is 3.66. The van der Waals surface area contributed by atoms with Crippen molar-refractivity contribution in [1.29, 1.82) is 0 Å². The van der Waals surface area contributed by atoms with Crippen LogP contribution in [0.1, 0.15) is 11.6 Å². The normalized spacial score (nSPS) is 12.9. The van der Waals surface area contributed by atoms with Gasteiger partial charge in [-0.25, -0.2) is 4.39 Å². The molecule has 0 aliphatic carbocycles. The molecule has 0 fully saturated rings. The van der Waals surface area contributed by atoms with E-state index in [9.17, 15) is 4.39 Å². The van der Waals surface area contributed by atoms with E-state index in [1.54, 1.807) is 12.1 Å². The van der Waals surface area contributed by atoms with Gasteiger partial charge in [0.15, 0.2) is 0 Å². The first kappa shape index (κ1) is 10.4. The summed E-state index contributed by atoms with van der Waals surface area (Å²) >= 11 is 5.59. The van der Waals surface area contributed by atoms with Crippen molar-refractivity contribution in [3.8, 4) is 0 Å². The van der Waals surface area contributed by atoms with Gasteiger partial charge < -0.3 is 10.5 Å². The van der Waals surface area contributed by atoms with Crippen molar-refractivity contribution in [2.24, 2.45) is 5.73 Å². The van der Waals surface area contributed by atoms with Crippen molar-refractivity contribution in [2.75, 3.05) is 13.7 Å². The highest BCUT2D eigenvalue weighted by molar-refractivity contribution is 6.30. The van der Waals surface area contributed by atoms with Crippen LogP contribution in [0.4, 0.5) is 4.39 Å². The van der Waals surface area contributed by atoms with Gasteiger partial charge in [-0.1, -0.05) is 23.7 Å². The summed E-state index contributed by atoms with van der Waals surface area (Å²) in [5.74, 6) is -0.464. The molecule has 0 aliphatic rings. The summed E-state index contributed by atoms with van der Waals surface area (Å²) in [5.41, 5.74) is 6.04. The third-order valence-corrected chi connectivity index (χ3v) is 2.02. The van der Waals surface area contributed by atoms with Crippen LogP contribution in [-0.2, 0) is 4.74 Å². The molecule has 1 unspecified atom stereocenters. The zero-order chi connectivity index (χ0) is 9.84. The highest BCUT2D eigenvalue weighted by Crippen LogP contribution is 2.21. The van der Waals surface area contributed by atoms with Crippen LogP contribution >= 0.6 is 11.6 Å². The summed E-state index contributed by atoms with van der Waals surface area (Å²) in [6, 6.07) is 4.28. The van der Waals surface area contributed by atoms with Crippen LogP contribution in [-0.4, -0.2) is 13.7 Å². The Balaban J connectivity index is 2.93. The van der Waals surface area contributed by atoms with E-state index in [0.717, 1.165) is 0 Å². The van der Waals surface area contributed by atoms with Gasteiger partial charge in [0.25, 0.3) is 0 Å². The smallest absolute Gasteiger partial charge is 0.146 e. The Hall–Kier alpha value is -0.640. The molecular weight excluding hydrogens is 193 g/mol. The molecule has 4 heteroatoms. The molecular formula is C9H11ClFNO. The van der Waals surface area contributed by atoms with Gasteiger partial charge in [0, 0.05) is 12.7 Å². The lowest BCUT2D eigenvalue weighted by molar-refractivity contribution is 0.179. The van der Waals surface area contributed by atoms with Crippen LogP contribution in [0.25, 0.3) is 0 Å². The molecule has 0 saturated heterocycles. The number of methoxy groups -OCH3 is 1. The molecule has 13 heavy (non-hydrogen) atoms. The summed E-state index contributed by atoms with van der Waals surface area (Å²) in [5, 5.41) is 0.0871. The van der Waals surface area contributed by atoms with E-state index in [-0.39, 0.29) is 11.6 Å². The van der Waals surface area contributed by atoms with Gasteiger partial charge in [-0.15, -0.1) is 0 Å².